The van der Waals surface area contributed by atoms with Crippen molar-refractivity contribution in [2.24, 2.45) is 23.7 Å². The molecule has 2 heterocycles. The van der Waals surface area contributed by atoms with Crippen molar-refractivity contribution < 1.29 is 4.79 Å². The summed E-state index contributed by atoms with van der Waals surface area (Å²) in [5.74, 6) is 3.24. The average Bonchev–Trinajstić information content (AvgIpc) is 3.00. The van der Waals surface area contributed by atoms with Gasteiger partial charge in [0.25, 0.3) is 5.91 Å². The minimum absolute atomic E-state index is 0.00448. The van der Waals surface area contributed by atoms with E-state index in [2.05, 4.69) is 20.9 Å². The van der Waals surface area contributed by atoms with E-state index in [1.54, 1.807) is 0 Å². The number of nitrogens with zero attached hydrogens (tertiary/aromatic N) is 3. The minimum Gasteiger partial charge on any atom is -0.347 e. The molecule has 1 amide bonds. The maximum absolute atomic E-state index is 12.9. The monoisotopic (exact) mass is 343 g/mol. The fourth-order valence-electron chi connectivity index (χ4n) is 6.33. The third-order valence-electron chi connectivity index (χ3n) is 7.32. The van der Waals surface area contributed by atoms with Crippen LogP contribution >= 0.6 is 0 Å². The van der Waals surface area contributed by atoms with Crippen molar-refractivity contribution >= 4 is 5.91 Å². The van der Waals surface area contributed by atoms with E-state index < -0.39 is 0 Å². The summed E-state index contributed by atoms with van der Waals surface area (Å²) >= 11 is 0. The summed E-state index contributed by atoms with van der Waals surface area (Å²) in [7, 11) is 0. The zero-order chi connectivity index (χ0) is 17.0. The molecule has 1 aromatic heterocycles. The lowest BCUT2D eigenvalue weighted by Crippen LogP contribution is -2.55. The summed E-state index contributed by atoms with van der Waals surface area (Å²) in [5.41, 5.74) is 1.46. The van der Waals surface area contributed by atoms with Crippen LogP contribution in [-0.2, 0) is 0 Å². The molecule has 4 bridgehead atoms. The maximum atomic E-state index is 12.9. The Balaban J connectivity index is 1.31. The Morgan fingerprint density at radius 2 is 1.72 bits per heavy atom. The Morgan fingerprint density at radius 3 is 2.36 bits per heavy atom. The van der Waals surface area contributed by atoms with E-state index in [0.717, 1.165) is 43.5 Å². The first kappa shape index (κ1) is 15.8. The molecule has 6 nitrogen and oxygen atoms in total. The van der Waals surface area contributed by atoms with E-state index >= 15 is 0 Å². The van der Waals surface area contributed by atoms with Crippen molar-refractivity contribution in [1.82, 2.24) is 25.6 Å². The molecule has 1 aliphatic heterocycles. The molecule has 4 aliphatic carbocycles. The van der Waals surface area contributed by atoms with Crippen LogP contribution in [0.5, 0.6) is 0 Å². The number of piperidine rings is 1. The normalized spacial score (nSPS) is 37.4. The van der Waals surface area contributed by atoms with Gasteiger partial charge in [-0.25, -0.2) is 4.68 Å². The number of amides is 1. The second-order valence-electron chi connectivity index (χ2n) is 8.88. The Labute approximate surface area is 149 Å². The zero-order valence-corrected chi connectivity index (χ0v) is 15.1. The minimum atomic E-state index is -0.00448. The zero-order valence-electron chi connectivity index (χ0n) is 15.1. The van der Waals surface area contributed by atoms with E-state index in [0.29, 0.717) is 29.6 Å². The predicted molar refractivity (Wildman–Crippen MR) is 94.2 cm³/mol. The standard InChI is InChI=1S/C19H29N5O/c1-11-17(22-23-24(11)16-2-4-20-5-3-16)19(25)21-18-14-7-12-6-13(9-14)10-15(18)8-12/h12-16,18,20H,2-10H2,1H3,(H,21,25). The molecule has 25 heavy (non-hydrogen) atoms. The fraction of sp³-hybridized carbons (Fsp3) is 0.842. The largest absolute Gasteiger partial charge is 0.347 e. The summed E-state index contributed by atoms with van der Waals surface area (Å²) in [5, 5.41) is 15.3. The van der Waals surface area contributed by atoms with E-state index in [1.807, 2.05) is 11.6 Å². The van der Waals surface area contributed by atoms with Crippen LogP contribution in [-0.4, -0.2) is 40.0 Å². The first-order valence-corrected chi connectivity index (χ1v) is 10.1. The molecule has 0 unspecified atom stereocenters. The second kappa shape index (κ2) is 6.08. The number of rotatable bonds is 3. The first-order chi connectivity index (χ1) is 12.2. The molecule has 2 N–H and O–H groups in total. The molecule has 136 valence electrons. The molecule has 6 heteroatoms. The number of carbonyl (C=O) groups excluding carboxylic acids is 1. The average molecular weight is 343 g/mol. The van der Waals surface area contributed by atoms with Crippen LogP contribution < -0.4 is 10.6 Å². The van der Waals surface area contributed by atoms with Crippen molar-refractivity contribution in [3.8, 4) is 0 Å². The van der Waals surface area contributed by atoms with Crippen molar-refractivity contribution in [2.45, 2.75) is 64.0 Å². The van der Waals surface area contributed by atoms with Gasteiger partial charge >= 0.3 is 0 Å². The van der Waals surface area contributed by atoms with Crippen molar-refractivity contribution in [1.29, 1.82) is 0 Å². The third kappa shape index (κ3) is 2.69. The highest BCUT2D eigenvalue weighted by molar-refractivity contribution is 5.93. The summed E-state index contributed by atoms with van der Waals surface area (Å²) in [6.45, 7) is 4.02. The van der Waals surface area contributed by atoms with Gasteiger partial charge in [-0.15, -0.1) is 5.10 Å². The summed E-state index contributed by atoms with van der Waals surface area (Å²) in [6.07, 6.45) is 8.83. The lowest BCUT2D eigenvalue weighted by Gasteiger charge is -2.54. The quantitative estimate of drug-likeness (QED) is 0.881. The molecule has 0 spiro atoms. The predicted octanol–water partition coefficient (Wildman–Crippen LogP) is 2.07. The Hall–Kier alpha value is -1.43. The SMILES string of the molecule is Cc1c(C(=O)NC2C3CC4CC(C3)CC2C4)nnn1C1CCNCC1. The summed E-state index contributed by atoms with van der Waals surface area (Å²) in [4.78, 5) is 12.9. The molecule has 1 saturated heterocycles. The van der Waals surface area contributed by atoms with Gasteiger partial charge in [0.2, 0.25) is 0 Å². The van der Waals surface area contributed by atoms with Gasteiger partial charge in [-0.1, -0.05) is 5.21 Å². The molecular weight excluding hydrogens is 314 g/mol. The van der Waals surface area contributed by atoms with Gasteiger partial charge < -0.3 is 10.6 Å². The Kier molecular flexibility index (Phi) is 3.84. The molecule has 0 aromatic carbocycles. The number of nitrogens with one attached hydrogen (secondary N) is 2. The highest BCUT2D eigenvalue weighted by Gasteiger charge is 2.48. The number of hydrogen-bond acceptors (Lipinski definition) is 4. The lowest BCUT2D eigenvalue weighted by molar-refractivity contribution is -0.0120. The van der Waals surface area contributed by atoms with Gasteiger partial charge in [-0.2, -0.15) is 0 Å². The van der Waals surface area contributed by atoms with Gasteiger partial charge in [-0.3, -0.25) is 4.79 Å². The molecule has 6 rings (SSSR count). The van der Waals surface area contributed by atoms with Crippen LogP contribution in [0, 0.1) is 30.6 Å². The van der Waals surface area contributed by atoms with E-state index in [-0.39, 0.29) is 5.91 Å². The third-order valence-corrected chi connectivity index (χ3v) is 7.32. The number of hydrogen-bond donors (Lipinski definition) is 2. The fourth-order valence-corrected chi connectivity index (χ4v) is 6.33. The van der Waals surface area contributed by atoms with Crippen LogP contribution in [0.4, 0.5) is 0 Å². The topological polar surface area (TPSA) is 71.8 Å². The van der Waals surface area contributed by atoms with Crippen LogP contribution in [0.2, 0.25) is 0 Å². The van der Waals surface area contributed by atoms with Gasteiger partial charge in [0.1, 0.15) is 0 Å². The van der Waals surface area contributed by atoms with Crippen LogP contribution in [0.15, 0.2) is 0 Å². The van der Waals surface area contributed by atoms with Gasteiger partial charge in [0, 0.05) is 6.04 Å². The lowest BCUT2D eigenvalue weighted by atomic mass is 9.54. The van der Waals surface area contributed by atoms with Crippen molar-refractivity contribution in [3.63, 3.8) is 0 Å². The number of carbonyl (C=O) groups is 1. The molecule has 5 fully saturated rings. The number of aromatic nitrogens is 3. The first-order valence-electron chi connectivity index (χ1n) is 10.1. The van der Waals surface area contributed by atoms with Gasteiger partial charge in [0.15, 0.2) is 5.69 Å². The molecule has 1 aromatic rings. The Morgan fingerprint density at radius 1 is 1.08 bits per heavy atom. The van der Waals surface area contributed by atoms with Crippen LogP contribution in [0.1, 0.15) is 67.2 Å². The van der Waals surface area contributed by atoms with E-state index in [4.69, 9.17) is 0 Å². The highest BCUT2D eigenvalue weighted by atomic mass is 16.2. The van der Waals surface area contributed by atoms with Crippen molar-refractivity contribution in [3.05, 3.63) is 11.4 Å². The Bertz CT molecular complexity index is 635. The summed E-state index contributed by atoms with van der Waals surface area (Å²) < 4.78 is 1.98. The van der Waals surface area contributed by atoms with E-state index in [9.17, 15) is 4.79 Å². The van der Waals surface area contributed by atoms with Crippen molar-refractivity contribution in [2.75, 3.05) is 13.1 Å². The molecular formula is C19H29N5O. The van der Waals surface area contributed by atoms with Gasteiger partial charge in [-0.05, 0) is 88.6 Å². The smallest absolute Gasteiger partial charge is 0.273 e. The molecule has 4 saturated carbocycles. The van der Waals surface area contributed by atoms with E-state index in [1.165, 1.54) is 32.1 Å². The molecule has 5 aliphatic rings. The van der Waals surface area contributed by atoms with Gasteiger partial charge in [0.05, 0.1) is 11.7 Å². The molecule has 0 radical (unpaired) electrons. The maximum Gasteiger partial charge on any atom is 0.273 e. The highest BCUT2D eigenvalue weighted by Crippen LogP contribution is 2.53. The van der Waals surface area contributed by atoms with Crippen LogP contribution in [0.3, 0.4) is 0 Å². The molecule has 0 atom stereocenters. The summed E-state index contributed by atoms with van der Waals surface area (Å²) in [6, 6.07) is 0.736. The second-order valence-corrected chi connectivity index (χ2v) is 8.88. The van der Waals surface area contributed by atoms with Crippen LogP contribution in [0.25, 0.3) is 0 Å².